The highest BCUT2D eigenvalue weighted by Crippen LogP contribution is 2.36. The normalized spacial score (nSPS) is 30.8. The average Bonchev–Trinajstić information content (AvgIpc) is 2.63. The zero-order valence-electron chi connectivity index (χ0n) is 7.55. The van der Waals surface area contributed by atoms with Crippen molar-refractivity contribution in [1.82, 2.24) is 0 Å². The van der Waals surface area contributed by atoms with Gasteiger partial charge in [0.05, 0.1) is 12.2 Å². The standard InChI is InChI=1S/C10H16O/c1-5-9(6-8(2)3)10(4)7-11-10/h5-6,9H,1,7H2,2-4H3. The number of hydrogen-bond acceptors (Lipinski definition) is 1. The minimum atomic E-state index is 0.0546. The van der Waals surface area contributed by atoms with E-state index in [1.165, 1.54) is 5.57 Å². The predicted octanol–water partition coefficient (Wildman–Crippen LogP) is 2.54. The number of hydrogen-bond donors (Lipinski definition) is 0. The van der Waals surface area contributed by atoms with Crippen LogP contribution in [0.4, 0.5) is 0 Å². The molecule has 62 valence electrons. The van der Waals surface area contributed by atoms with Crippen LogP contribution in [0.15, 0.2) is 24.3 Å². The molecule has 1 aliphatic rings. The lowest BCUT2D eigenvalue weighted by Gasteiger charge is -2.12. The molecule has 0 bridgehead atoms. The lowest BCUT2D eigenvalue weighted by Crippen LogP contribution is -2.16. The summed E-state index contributed by atoms with van der Waals surface area (Å²) in [4.78, 5) is 0. The lowest BCUT2D eigenvalue weighted by molar-refractivity contribution is 0.291. The second kappa shape index (κ2) is 2.82. The highest BCUT2D eigenvalue weighted by Gasteiger charge is 2.44. The molecular formula is C10H16O. The van der Waals surface area contributed by atoms with E-state index in [1.807, 2.05) is 6.08 Å². The number of rotatable bonds is 3. The summed E-state index contributed by atoms with van der Waals surface area (Å²) in [5.74, 6) is 0.382. The topological polar surface area (TPSA) is 12.5 Å². The van der Waals surface area contributed by atoms with E-state index in [0.29, 0.717) is 5.92 Å². The number of ether oxygens (including phenoxy) is 1. The van der Waals surface area contributed by atoms with E-state index in [0.717, 1.165) is 6.61 Å². The molecule has 0 aromatic carbocycles. The van der Waals surface area contributed by atoms with E-state index < -0.39 is 0 Å². The Hall–Kier alpha value is -0.560. The van der Waals surface area contributed by atoms with E-state index in [-0.39, 0.29) is 5.60 Å². The van der Waals surface area contributed by atoms with Gasteiger partial charge >= 0.3 is 0 Å². The third-order valence-electron chi connectivity index (χ3n) is 2.07. The minimum Gasteiger partial charge on any atom is -0.369 e. The van der Waals surface area contributed by atoms with Gasteiger partial charge in [-0.1, -0.05) is 17.7 Å². The van der Waals surface area contributed by atoms with Crippen LogP contribution >= 0.6 is 0 Å². The summed E-state index contributed by atoms with van der Waals surface area (Å²) in [7, 11) is 0. The molecule has 0 saturated carbocycles. The van der Waals surface area contributed by atoms with Crippen LogP contribution in [0, 0.1) is 5.92 Å². The Balaban J connectivity index is 2.64. The molecule has 1 fully saturated rings. The quantitative estimate of drug-likeness (QED) is 0.447. The summed E-state index contributed by atoms with van der Waals surface area (Å²) < 4.78 is 5.33. The summed E-state index contributed by atoms with van der Waals surface area (Å²) in [6, 6.07) is 0. The van der Waals surface area contributed by atoms with Crippen LogP contribution < -0.4 is 0 Å². The van der Waals surface area contributed by atoms with Gasteiger partial charge < -0.3 is 4.74 Å². The Morgan fingerprint density at radius 2 is 2.18 bits per heavy atom. The first kappa shape index (κ1) is 8.54. The van der Waals surface area contributed by atoms with Crippen LogP contribution in [0.1, 0.15) is 20.8 Å². The molecule has 1 heterocycles. The smallest absolute Gasteiger partial charge is 0.0985 e. The van der Waals surface area contributed by atoms with Gasteiger partial charge in [0, 0.05) is 5.92 Å². The fourth-order valence-corrected chi connectivity index (χ4v) is 1.16. The third kappa shape index (κ3) is 1.93. The van der Waals surface area contributed by atoms with Crippen LogP contribution in [0.25, 0.3) is 0 Å². The van der Waals surface area contributed by atoms with Crippen molar-refractivity contribution in [2.45, 2.75) is 26.4 Å². The molecule has 1 rings (SSSR count). The van der Waals surface area contributed by atoms with Crippen molar-refractivity contribution >= 4 is 0 Å². The molecule has 0 amide bonds. The summed E-state index contributed by atoms with van der Waals surface area (Å²) in [5, 5.41) is 0. The summed E-state index contributed by atoms with van der Waals surface area (Å²) in [6.07, 6.45) is 4.17. The number of epoxide rings is 1. The Morgan fingerprint density at radius 1 is 1.64 bits per heavy atom. The predicted molar refractivity (Wildman–Crippen MR) is 47.5 cm³/mol. The van der Waals surface area contributed by atoms with E-state index >= 15 is 0 Å². The first-order valence-electron chi connectivity index (χ1n) is 4.00. The molecule has 1 nitrogen and oxygen atoms in total. The average molecular weight is 152 g/mol. The van der Waals surface area contributed by atoms with Gasteiger partial charge in [-0.05, 0) is 20.8 Å². The second-order valence-electron chi connectivity index (χ2n) is 3.61. The van der Waals surface area contributed by atoms with Crippen molar-refractivity contribution in [3.8, 4) is 0 Å². The Bertz CT molecular complexity index is 183. The van der Waals surface area contributed by atoms with Gasteiger partial charge in [-0.3, -0.25) is 0 Å². The van der Waals surface area contributed by atoms with E-state index in [1.54, 1.807) is 0 Å². The minimum absolute atomic E-state index is 0.0546. The molecule has 0 spiro atoms. The fourth-order valence-electron chi connectivity index (χ4n) is 1.16. The van der Waals surface area contributed by atoms with Gasteiger partial charge in [0.1, 0.15) is 0 Å². The molecule has 11 heavy (non-hydrogen) atoms. The van der Waals surface area contributed by atoms with E-state index in [2.05, 4.69) is 33.4 Å². The number of allylic oxidation sites excluding steroid dienone is 1. The molecule has 2 unspecified atom stereocenters. The van der Waals surface area contributed by atoms with Crippen molar-refractivity contribution < 1.29 is 4.74 Å². The molecule has 1 heteroatoms. The van der Waals surface area contributed by atoms with Gasteiger partial charge in [-0.25, -0.2) is 0 Å². The monoisotopic (exact) mass is 152 g/mol. The van der Waals surface area contributed by atoms with E-state index in [9.17, 15) is 0 Å². The van der Waals surface area contributed by atoms with Crippen molar-refractivity contribution in [2.24, 2.45) is 5.92 Å². The maximum atomic E-state index is 5.33. The SMILES string of the molecule is C=CC(C=C(C)C)C1(C)CO1. The summed E-state index contributed by atoms with van der Waals surface area (Å²) >= 11 is 0. The molecule has 0 aromatic heterocycles. The molecular weight excluding hydrogens is 136 g/mol. The molecule has 0 aromatic rings. The molecule has 0 aliphatic carbocycles. The maximum absolute atomic E-state index is 5.33. The molecule has 0 radical (unpaired) electrons. The summed E-state index contributed by atoms with van der Waals surface area (Å²) in [6.45, 7) is 11.0. The highest BCUT2D eigenvalue weighted by atomic mass is 16.6. The van der Waals surface area contributed by atoms with Crippen LogP contribution in [-0.4, -0.2) is 12.2 Å². The highest BCUT2D eigenvalue weighted by molar-refractivity contribution is 5.14. The van der Waals surface area contributed by atoms with E-state index in [4.69, 9.17) is 4.74 Å². The Kier molecular flexibility index (Phi) is 2.19. The first-order valence-corrected chi connectivity index (χ1v) is 4.00. The first-order chi connectivity index (χ1) is 5.08. The van der Waals surface area contributed by atoms with Crippen molar-refractivity contribution in [1.29, 1.82) is 0 Å². The zero-order valence-corrected chi connectivity index (χ0v) is 7.55. The van der Waals surface area contributed by atoms with Crippen LogP contribution in [-0.2, 0) is 4.74 Å². The van der Waals surface area contributed by atoms with Crippen LogP contribution in [0.5, 0.6) is 0 Å². The van der Waals surface area contributed by atoms with Crippen molar-refractivity contribution in [3.63, 3.8) is 0 Å². The largest absolute Gasteiger partial charge is 0.369 e. The Morgan fingerprint density at radius 3 is 2.45 bits per heavy atom. The lowest BCUT2D eigenvalue weighted by atomic mass is 9.93. The molecule has 1 aliphatic heterocycles. The van der Waals surface area contributed by atoms with Gasteiger partial charge in [0.2, 0.25) is 0 Å². The van der Waals surface area contributed by atoms with Gasteiger partial charge in [0.15, 0.2) is 0 Å². The summed E-state index contributed by atoms with van der Waals surface area (Å²) in [5.41, 5.74) is 1.38. The fraction of sp³-hybridized carbons (Fsp3) is 0.600. The molecule has 1 saturated heterocycles. The third-order valence-corrected chi connectivity index (χ3v) is 2.07. The second-order valence-corrected chi connectivity index (χ2v) is 3.61. The molecule has 2 atom stereocenters. The Labute approximate surface area is 68.8 Å². The molecule has 0 N–H and O–H groups in total. The van der Waals surface area contributed by atoms with Gasteiger partial charge in [0.25, 0.3) is 0 Å². The van der Waals surface area contributed by atoms with Gasteiger partial charge in [-0.15, -0.1) is 6.58 Å². The van der Waals surface area contributed by atoms with Crippen LogP contribution in [0.2, 0.25) is 0 Å². The van der Waals surface area contributed by atoms with Crippen molar-refractivity contribution in [2.75, 3.05) is 6.61 Å². The van der Waals surface area contributed by atoms with Crippen LogP contribution in [0.3, 0.4) is 0 Å². The zero-order chi connectivity index (χ0) is 8.48. The maximum Gasteiger partial charge on any atom is 0.0985 e. The van der Waals surface area contributed by atoms with Gasteiger partial charge in [-0.2, -0.15) is 0 Å². The van der Waals surface area contributed by atoms with Crippen molar-refractivity contribution in [3.05, 3.63) is 24.3 Å².